The normalized spacial score (nSPS) is 11.5. The fourth-order valence-electron chi connectivity index (χ4n) is 1.64. The number of benzene rings is 1. The van der Waals surface area contributed by atoms with E-state index in [1.165, 1.54) is 30.6 Å². The van der Waals surface area contributed by atoms with Gasteiger partial charge in [-0.15, -0.1) is 11.3 Å². The Labute approximate surface area is 124 Å². The summed E-state index contributed by atoms with van der Waals surface area (Å²) in [5.41, 5.74) is 6.09. The van der Waals surface area contributed by atoms with Crippen molar-refractivity contribution in [3.05, 3.63) is 39.0 Å². The second kappa shape index (κ2) is 5.52. The minimum atomic E-state index is -3.45. The first-order chi connectivity index (χ1) is 8.92. The van der Waals surface area contributed by atoms with Crippen molar-refractivity contribution in [2.75, 3.05) is 12.8 Å². The van der Waals surface area contributed by atoms with Gasteiger partial charge in [0.2, 0.25) is 0 Å². The molecule has 0 atom stereocenters. The molecule has 2 aromatic rings. The van der Waals surface area contributed by atoms with E-state index in [0.29, 0.717) is 5.69 Å². The van der Waals surface area contributed by atoms with E-state index in [1.807, 2.05) is 6.07 Å². The van der Waals surface area contributed by atoms with Crippen molar-refractivity contribution in [1.29, 1.82) is 0 Å². The molecule has 1 aromatic carbocycles. The Balaban J connectivity index is 2.39. The van der Waals surface area contributed by atoms with Gasteiger partial charge in [-0.05, 0) is 40.2 Å². The molecule has 0 saturated heterocycles. The van der Waals surface area contributed by atoms with Gasteiger partial charge < -0.3 is 10.5 Å². The lowest BCUT2D eigenvalue weighted by Gasteiger charge is -2.09. The molecule has 0 radical (unpaired) electrons. The smallest absolute Gasteiger partial charge is 0.186 e. The molecule has 1 aromatic heterocycles. The Hall–Kier alpha value is -1.05. The Kier molecular flexibility index (Phi) is 4.17. The molecule has 0 amide bonds. The van der Waals surface area contributed by atoms with Gasteiger partial charge in [0.15, 0.2) is 9.84 Å². The maximum Gasteiger partial charge on any atom is 0.186 e. The topological polar surface area (TPSA) is 69.4 Å². The summed E-state index contributed by atoms with van der Waals surface area (Å²) >= 11 is 4.71. The van der Waals surface area contributed by atoms with Crippen LogP contribution in [0.3, 0.4) is 0 Å². The zero-order valence-electron chi connectivity index (χ0n) is 10.1. The van der Waals surface area contributed by atoms with Gasteiger partial charge in [0.05, 0.1) is 16.6 Å². The van der Waals surface area contributed by atoms with E-state index in [1.54, 1.807) is 12.1 Å². The van der Waals surface area contributed by atoms with Crippen LogP contribution >= 0.6 is 27.3 Å². The van der Waals surface area contributed by atoms with Gasteiger partial charge in [-0.2, -0.15) is 0 Å². The SMILES string of the molecule is COc1cc(N)ccc1S(=O)(=O)Cc1ccc(Br)s1. The van der Waals surface area contributed by atoms with Gasteiger partial charge in [0, 0.05) is 16.6 Å². The van der Waals surface area contributed by atoms with Crippen molar-refractivity contribution < 1.29 is 13.2 Å². The minimum Gasteiger partial charge on any atom is -0.495 e. The molecule has 0 fully saturated rings. The molecule has 2 rings (SSSR count). The van der Waals surface area contributed by atoms with Gasteiger partial charge in [-0.3, -0.25) is 0 Å². The van der Waals surface area contributed by atoms with E-state index in [-0.39, 0.29) is 16.4 Å². The number of halogens is 1. The maximum atomic E-state index is 12.4. The molecule has 0 aliphatic rings. The summed E-state index contributed by atoms with van der Waals surface area (Å²) in [5.74, 6) is 0.222. The molecule has 102 valence electrons. The number of nitrogens with two attached hydrogens (primary N) is 1. The lowest BCUT2D eigenvalue weighted by Crippen LogP contribution is -2.06. The molecular formula is C12H12BrNO3S2. The summed E-state index contributed by atoms with van der Waals surface area (Å²) in [6.07, 6.45) is 0. The lowest BCUT2D eigenvalue weighted by atomic mass is 10.3. The number of methoxy groups -OCH3 is 1. The van der Waals surface area contributed by atoms with Crippen molar-refractivity contribution in [2.45, 2.75) is 10.6 Å². The maximum absolute atomic E-state index is 12.4. The summed E-state index contributed by atoms with van der Waals surface area (Å²) in [7, 11) is -2.02. The number of anilines is 1. The van der Waals surface area contributed by atoms with Crippen LogP contribution in [0, 0.1) is 0 Å². The number of sulfone groups is 1. The molecular weight excluding hydrogens is 350 g/mol. The van der Waals surface area contributed by atoms with Crippen LogP contribution in [-0.2, 0) is 15.6 Å². The quantitative estimate of drug-likeness (QED) is 0.849. The first-order valence-corrected chi connectivity index (χ1v) is 8.59. The highest BCUT2D eigenvalue weighted by Gasteiger charge is 2.21. The second-order valence-corrected chi connectivity index (χ2v) is 8.38. The van der Waals surface area contributed by atoms with E-state index < -0.39 is 9.84 Å². The summed E-state index contributed by atoms with van der Waals surface area (Å²) in [4.78, 5) is 0.930. The molecule has 7 heteroatoms. The number of nitrogen functional groups attached to an aromatic ring is 1. The molecule has 0 bridgehead atoms. The van der Waals surface area contributed by atoms with Crippen LogP contribution in [0.2, 0.25) is 0 Å². The van der Waals surface area contributed by atoms with E-state index in [4.69, 9.17) is 10.5 Å². The Morgan fingerprint density at radius 3 is 2.63 bits per heavy atom. The Morgan fingerprint density at radius 2 is 2.05 bits per heavy atom. The monoisotopic (exact) mass is 361 g/mol. The fourth-order valence-corrected chi connectivity index (χ4v) is 4.97. The standard InChI is InChI=1S/C12H12BrNO3S2/c1-17-10-6-8(14)2-4-11(10)19(15,16)7-9-3-5-12(13)18-9/h2-6H,7,14H2,1H3. The average molecular weight is 362 g/mol. The third-order valence-electron chi connectivity index (χ3n) is 2.48. The minimum absolute atomic E-state index is 0.0520. The van der Waals surface area contributed by atoms with Crippen LogP contribution < -0.4 is 10.5 Å². The van der Waals surface area contributed by atoms with Gasteiger partial charge in [-0.25, -0.2) is 8.42 Å². The predicted molar refractivity (Wildman–Crippen MR) is 80.3 cm³/mol. The van der Waals surface area contributed by atoms with Gasteiger partial charge in [0.25, 0.3) is 0 Å². The summed E-state index contributed by atoms with van der Waals surface area (Å²) in [5, 5.41) is 0. The third-order valence-corrected chi connectivity index (χ3v) is 5.99. The molecule has 19 heavy (non-hydrogen) atoms. The highest BCUT2D eigenvalue weighted by atomic mass is 79.9. The largest absolute Gasteiger partial charge is 0.495 e. The third kappa shape index (κ3) is 3.29. The Morgan fingerprint density at radius 1 is 1.32 bits per heavy atom. The molecule has 2 N–H and O–H groups in total. The highest BCUT2D eigenvalue weighted by molar-refractivity contribution is 9.11. The number of rotatable bonds is 4. The van der Waals surface area contributed by atoms with Crippen LogP contribution in [-0.4, -0.2) is 15.5 Å². The first kappa shape index (κ1) is 14.4. The van der Waals surface area contributed by atoms with Crippen molar-refractivity contribution in [3.8, 4) is 5.75 Å². The van der Waals surface area contributed by atoms with Crippen LogP contribution in [0.4, 0.5) is 5.69 Å². The van der Waals surface area contributed by atoms with Crippen LogP contribution in [0.5, 0.6) is 5.75 Å². The first-order valence-electron chi connectivity index (χ1n) is 5.33. The van der Waals surface area contributed by atoms with Crippen LogP contribution in [0.25, 0.3) is 0 Å². The molecule has 0 spiro atoms. The van der Waals surface area contributed by atoms with Crippen LogP contribution in [0.1, 0.15) is 4.88 Å². The van der Waals surface area contributed by atoms with Gasteiger partial charge in [0.1, 0.15) is 10.6 Å². The fraction of sp³-hybridized carbons (Fsp3) is 0.167. The van der Waals surface area contributed by atoms with Crippen molar-refractivity contribution in [1.82, 2.24) is 0 Å². The number of thiophene rings is 1. The zero-order chi connectivity index (χ0) is 14.0. The van der Waals surface area contributed by atoms with Crippen molar-refractivity contribution in [3.63, 3.8) is 0 Å². The lowest BCUT2D eigenvalue weighted by molar-refractivity contribution is 0.403. The van der Waals surface area contributed by atoms with Crippen LogP contribution in [0.15, 0.2) is 39.0 Å². The van der Waals surface area contributed by atoms with E-state index >= 15 is 0 Å². The summed E-state index contributed by atoms with van der Waals surface area (Å²) in [6, 6.07) is 8.16. The summed E-state index contributed by atoms with van der Waals surface area (Å²) < 4.78 is 30.7. The van der Waals surface area contributed by atoms with E-state index in [0.717, 1.165) is 8.66 Å². The molecule has 1 heterocycles. The van der Waals surface area contributed by atoms with Crippen molar-refractivity contribution in [2.24, 2.45) is 0 Å². The van der Waals surface area contributed by atoms with Gasteiger partial charge in [-0.1, -0.05) is 0 Å². The van der Waals surface area contributed by atoms with Gasteiger partial charge >= 0.3 is 0 Å². The molecule has 0 unspecified atom stereocenters. The summed E-state index contributed by atoms with van der Waals surface area (Å²) in [6.45, 7) is 0. The highest BCUT2D eigenvalue weighted by Crippen LogP contribution is 2.31. The van der Waals surface area contributed by atoms with E-state index in [9.17, 15) is 8.42 Å². The number of hydrogen-bond donors (Lipinski definition) is 1. The predicted octanol–water partition coefficient (Wildman–Crippen LogP) is 3.08. The molecule has 0 aliphatic carbocycles. The van der Waals surface area contributed by atoms with Crippen molar-refractivity contribution >= 4 is 42.8 Å². The second-order valence-electron chi connectivity index (χ2n) is 3.88. The van der Waals surface area contributed by atoms with E-state index in [2.05, 4.69) is 15.9 Å². The Bertz CT molecular complexity index is 695. The number of hydrogen-bond acceptors (Lipinski definition) is 5. The molecule has 0 aliphatic heterocycles. The zero-order valence-corrected chi connectivity index (χ0v) is 13.3. The average Bonchev–Trinajstić information content (AvgIpc) is 2.73. The number of ether oxygens (including phenoxy) is 1. The molecule has 0 saturated carbocycles. The molecule has 4 nitrogen and oxygen atoms in total.